The first-order chi connectivity index (χ1) is 8.17. The van der Waals surface area contributed by atoms with E-state index >= 15 is 0 Å². The fourth-order valence-electron chi connectivity index (χ4n) is 1.86. The molecule has 0 aromatic carbocycles. The summed E-state index contributed by atoms with van der Waals surface area (Å²) in [6.45, 7) is 5.47. The summed E-state index contributed by atoms with van der Waals surface area (Å²) >= 11 is 6.09. The molecule has 18 heavy (non-hydrogen) atoms. The predicted octanol–water partition coefficient (Wildman–Crippen LogP) is 1.48. The monoisotopic (exact) mass is 273 g/mol. The van der Waals surface area contributed by atoms with Gasteiger partial charge >= 0.3 is 0 Å². The Hall–Kier alpha value is -1.07. The lowest BCUT2D eigenvalue weighted by Gasteiger charge is -2.25. The van der Waals surface area contributed by atoms with E-state index in [4.69, 9.17) is 11.6 Å². The molecule has 5 nitrogen and oxygen atoms in total. The van der Waals surface area contributed by atoms with E-state index in [-0.39, 0.29) is 12.5 Å². The number of aliphatic hydroxyl groups is 1. The van der Waals surface area contributed by atoms with Crippen molar-refractivity contribution in [2.24, 2.45) is 7.05 Å². The Morgan fingerprint density at radius 3 is 2.56 bits per heavy atom. The van der Waals surface area contributed by atoms with Crippen LogP contribution in [0.4, 0.5) is 0 Å². The van der Waals surface area contributed by atoms with Crippen LogP contribution in [0.25, 0.3) is 0 Å². The Morgan fingerprint density at radius 2 is 2.11 bits per heavy atom. The summed E-state index contributed by atoms with van der Waals surface area (Å²) in [6, 6.07) is 0. The van der Waals surface area contributed by atoms with E-state index in [0.29, 0.717) is 22.8 Å². The number of amides is 1. The Balaban J connectivity index is 3.03. The highest BCUT2D eigenvalue weighted by Gasteiger charge is 2.26. The number of nitrogens with zero attached hydrogens (tertiary/aromatic N) is 3. The topological polar surface area (TPSA) is 58.4 Å². The molecule has 1 aromatic heterocycles. The molecule has 0 saturated carbocycles. The van der Waals surface area contributed by atoms with Crippen molar-refractivity contribution in [3.05, 3.63) is 16.4 Å². The minimum Gasteiger partial charge on any atom is -0.389 e. The first-order valence-corrected chi connectivity index (χ1v) is 6.24. The van der Waals surface area contributed by atoms with Gasteiger partial charge in [-0.25, -0.2) is 0 Å². The van der Waals surface area contributed by atoms with Crippen molar-refractivity contribution < 1.29 is 9.90 Å². The molecule has 1 rings (SSSR count). The fraction of sp³-hybridized carbons (Fsp3) is 0.667. The molecule has 0 atom stereocenters. The smallest absolute Gasteiger partial charge is 0.258 e. The number of aryl methyl sites for hydroxylation is 2. The normalized spacial score (nSPS) is 11.7. The zero-order valence-corrected chi connectivity index (χ0v) is 12.2. The van der Waals surface area contributed by atoms with E-state index in [1.807, 2.05) is 6.92 Å². The molecule has 0 bridgehead atoms. The second-order valence-corrected chi connectivity index (χ2v) is 5.42. The molecule has 0 aliphatic rings. The first kappa shape index (κ1) is 15.0. The third-order valence-electron chi connectivity index (χ3n) is 2.57. The van der Waals surface area contributed by atoms with Gasteiger partial charge in [0.25, 0.3) is 5.91 Å². The maximum atomic E-state index is 12.3. The molecular weight excluding hydrogens is 254 g/mol. The van der Waals surface area contributed by atoms with Gasteiger partial charge in [0.2, 0.25) is 0 Å². The van der Waals surface area contributed by atoms with Crippen LogP contribution >= 0.6 is 11.6 Å². The fourth-order valence-corrected chi connectivity index (χ4v) is 2.09. The SMILES string of the molecule is CCc1nn(C)c(Cl)c1C(=O)N(C)CC(C)(C)O. The minimum atomic E-state index is -0.939. The second kappa shape index (κ2) is 5.28. The van der Waals surface area contributed by atoms with Crippen molar-refractivity contribution in [1.29, 1.82) is 0 Å². The summed E-state index contributed by atoms with van der Waals surface area (Å²) in [5.74, 6) is -0.216. The van der Waals surface area contributed by atoms with Crippen molar-refractivity contribution in [3.8, 4) is 0 Å². The van der Waals surface area contributed by atoms with E-state index in [2.05, 4.69) is 5.10 Å². The van der Waals surface area contributed by atoms with Crippen LogP contribution in [0.1, 0.15) is 36.8 Å². The van der Waals surface area contributed by atoms with Crippen LogP contribution < -0.4 is 0 Å². The van der Waals surface area contributed by atoms with Gasteiger partial charge in [-0.3, -0.25) is 9.48 Å². The van der Waals surface area contributed by atoms with Crippen LogP contribution in [0.2, 0.25) is 5.15 Å². The molecule has 1 aromatic rings. The molecule has 0 aliphatic carbocycles. The molecule has 0 radical (unpaired) electrons. The quantitative estimate of drug-likeness (QED) is 0.904. The number of carbonyl (C=O) groups excluding carboxylic acids is 1. The summed E-state index contributed by atoms with van der Waals surface area (Å²) in [5.41, 5.74) is 0.161. The van der Waals surface area contributed by atoms with Gasteiger partial charge in [-0.2, -0.15) is 5.10 Å². The van der Waals surface area contributed by atoms with Gasteiger partial charge in [-0.15, -0.1) is 0 Å². The number of halogens is 1. The molecule has 0 saturated heterocycles. The molecule has 0 aliphatic heterocycles. The van der Waals surface area contributed by atoms with Crippen LogP contribution in [0.5, 0.6) is 0 Å². The lowest BCUT2D eigenvalue weighted by Crippen LogP contribution is -2.40. The van der Waals surface area contributed by atoms with Gasteiger partial charge in [0, 0.05) is 20.6 Å². The van der Waals surface area contributed by atoms with E-state index < -0.39 is 5.60 Å². The Labute approximate surface area is 112 Å². The number of aromatic nitrogens is 2. The summed E-state index contributed by atoms with van der Waals surface area (Å²) < 4.78 is 1.49. The number of likely N-dealkylation sites (N-methyl/N-ethyl adjacent to an activating group) is 1. The maximum Gasteiger partial charge on any atom is 0.258 e. The van der Waals surface area contributed by atoms with Gasteiger partial charge in [0.1, 0.15) is 5.15 Å². The number of carbonyl (C=O) groups is 1. The van der Waals surface area contributed by atoms with E-state index in [9.17, 15) is 9.90 Å². The maximum absolute atomic E-state index is 12.3. The highest BCUT2D eigenvalue weighted by atomic mass is 35.5. The van der Waals surface area contributed by atoms with Crippen LogP contribution in [-0.4, -0.2) is 44.9 Å². The summed E-state index contributed by atoms with van der Waals surface area (Å²) in [7, 11) is 3.34. The van der Waals surface area contributed by atoms with Gasteiger partial charge in [0.05, 0.1) is 16.9 Å². The highest BCUT2D eigenvalue weighted by Crippen LogP contribution is 2.22. The molecule has 0 unspecified atom stereocenters. The lowest BCUT2D eigenvalue weighted by molar-refractivity contribution is 0.0367. The van der Waals surface area contributed by atoms with Crippen LogP contribution in [0, 0.1) is 0 Å². The van der Waals surface area contributed by atoms with E-state index in [0.717, 1.165) is 0 Å². The van der Waals surface area contributed by atoms with Gasteiger partial charge in [-0.1, -0.05) is 18.5 Å². The Bertz CT molecular complexity index is 449. The minimum absolute atomic E-state index is 0.216. The third-order valence-corrected chi connectivity index (χ3v) is 3.00. The number of hydrogen-bond donors (Lipinski definition) is 1. The molecular formula is C12H20ClN3O2. The molecule has 1 heterocycles. The average Bonchev–Trinajstić information content (AvgIpc) is 2.51. The van der Waals surface area contributed by atoms with Crippen molar-refractivity contribution >= 4 is 17.5 Å². The Morgan fingerprint density at radius 1 is 1.56 bits per heavy atom. The van der Waals surface area contributed by atoms with E-state index in [1.54, 1.807) is 27.9 Å². The highest BCUT2D eigenvalue weighted by molar-refractivity contribution is 6.33. The largest absolute Gasteiger partial charge is 0.389 e. The van der Waals surface area contributed by atoms with Gasteiger partial charge in [-0.05, 0) is 20.3 Å². The van der Waals surface area contributed by atoms with Crippen molar-refractivity contribution in [3.63, 3.8) is 0 Å². The van der Waals surface area contributed by atoms with Gasteiger partial charge < -0.3 is 10.0 Å². The summed E-state index contributed by atoms with van der Waals surface area (Å²) in [4.78, 5) is 13.8. The third kappa shape index (κ3) is 3.23. The zero-order chi connectivity index (χ0) is 14.1. The molecule has 6 heteroatoms. The zero-order valence-electron chi connectivity index (χ0n) is 11.5. The lowest BCUT2D eigenvalue weighted by atomic mass is 10.1. The number of rotatable bonds is 4. The van der Waals surface area contributed by atoms with Gasteiger partial charge in [0.15, 0.2) is 0 Å². The van der Waals surface area contributed by atoms with Crippen molar-refractivity contribution in [2.75, 3.05) is 13.6 Å². The van der Waals surface area contributed by atoms with Crippen molar-refractivity contribution in [2.45, 2.75) is 32.8 Å². The molecule has 0 fully saturated rings. The molecule has 0 spiro atoms. The van der Waals surface area contributed by atoms with Crippen molar-refractivity contribution in [1.82, 2.24) is 14.7 Å². The second-order valence-electron chi connectivity index (χ2n) is 5.06. The standard InChI is InChI=1S/C12H20ClN3O2/c1-6-8-9(10(13)16(5)14-8)11(17)15(4)7-12(2,3)18/h18H,6-7H2,1-5H3. The van der Waals surface area contributed by atoms with Crippen LogP contribution in [0.3, 0.4) is 0 Å². The molecule has 1 amide bonds. The van der Waals surface area contributed by atoms with E-state index in [1.165, 1.54) is 9.58 Å². The Kier molecular flexibility index (Phi) is 4.40. The first-order valence-electron chi connectivity index (χ1n) is 5.86. The van der Waals surface area contributed by atoms with Crippen LogP contribution in [-0.2, 0) is 13.5 Å². The van der Waals surface area contributed by atoms with Crippen LogP contribution in [0.15, 0.2) is 0 Å². The number of hydrogen-bond acceptors (Lipinski definition) is 3. The predicted molar refractivity (Wildman–Crippen MR) is 70.9 cm³/mol. The molecule has 102 valence electrons. The molecule has 1 N–H and O–H groups in total. The summed E-state index contributed by atoms with van der Waals surface area (Å²) in [5, 5.41) is 14.3. The summed E-state index contributed by atoms with van der Waals surface area (Å²) in [6.07, 6.45) is 0.637. The average molecular weight is 274 g/mol.